The Morgan fingerprint density at radius 3 is 2.26 bits per heavy atom. The molecule has 1 aliphatic rings. The molecule has 2 N–H and O–H groups in total. The first kappa shape index (κ1) is 23.4. The molecule has 0 aromatic carbocycles. The van der Waals surface area contributed by atoms with E-state index in [4.69, 9.17) is 4.74 Å². The van der Waals surface area contributed by atoms with Gasteiger partial charge in [0.15, 0.2) is 0 Å². The highest BCUT2D eigenvalue weighted by atomic mass is 16.5. The van der Waals surface area contributed by atoms with Gasteiger partial charge in [0.1, 0.15) is 6.10 Å². The van der Waals surface area contributed by atoms with E-state index in [1.54, 1.807) is 12.2 Å². The molecule has 0 amide bonds. The molecule has 0 heterocycles. The van der Waals surface area contributed by atoms with Crippen LogP contribution < -0.4 is 5.32 Å². The Hall–Kier alpha value is -1.59. The number of carboxylic acid groups (broad SMARTS) is 1. The molecule has 2 atom stereocenters. The van der Waals surface area contributed by atoms with Gasteiger partial charge in [-0.1, -0.05) is 26.0 Å². The second-order valence-electron chi connectivity index (χ2n) is 8.19. The van der Waals surface area contributed by atoms with Crippen molar-refractivity contribution in [2.45, 2.75) is 84.1 Å². The molecule has 5 heteroatoms. The standard InChI is InChI=1S/C22H38N2O3/c1-8-14-24(15-9-2)19-17(21(25)26)12-13-18(23-22(5,6)7)20(19)27-16(10-3)11-4/h8-9,16,18,20,23H,1-2,10-15H2,3-7H3,(H,25,26). The molecule has 0 spiro atoms. The van der Waals surface area contributed by atoms with Crippen LogP contribution in [0.4, 0.5) is 0 Å². The molecule has 5 nitrogen and oxygen atoms in total. The van der Waals surface area contributed by atoms with Crippen molar-refractivity contribution in [2.24, 2.45) is 0 Å². The minimum atomic E-state index is -0.865. The fourth-order valence-corrected chi connectivity index (χ4v) is 3.66. The van der Waals surface area contributed by atoms with E-state index >= 15 is 0 Å². The highest BCUT2D eigenvalue weighted by Crippen LogP contribution is 2.33. The number of hydrogen-bond donors (Lipinski definition) is 2. The van der Waals surface area contributed by atoms with Gasteiger partial charge in [-0.05, 0) is 46.5 Å². The van der Waals surface area contributed by atoms with Crippen molar-refractivity contribution in [3.8, 4) is 0 Å². The summed E-state index contributed by atoms with van der Waals surface area (Å²) in [5.41, 5.74) is 1.12. The molecule has 0 bridgehead atoms. The number of carboxylic acids is 1. The second kappa shape index (κ2) is 10.7. The number of nitrogens with zero attached hydrogens (tertiary/aromatic N) is 1. The lowest BCUT2D eigenvalue weighted by atomic mass is 9.86. The maximum Gasteiger partial charge on any atom is 0.333 e. The van der Waals surface area contributed by atoms with E-state index in [9.17, 15) is 9.90 Å². The molecule has 0 saturated heterocycles. The minimum Gasteiger partial charge on any atom is -0.478 e. The van der Waals surface area contributed by atoms with Gasteiger partial charge in [0.25, 0.3) is 0 Å². The Kier molecular flexibility index (Phi) is 9.27. The van der Waals surface area contributed by atoms with E-state index in [2.05, 4.69) is 53.1 Å². The Morgan fingerprint density at radius 2 is 1.85 bits per heavy atom. The van der Waals surface area contributed by atoms with Crippen LogP contribution in [0.3, 0.4) is 0 Å². The van der Waals surface area contributed by atoms with Crippen molar-refractivity contribution in [2.75, 3.05) is 13.1 Å². The van der Waals surface area contributed by atoms with Crippen molar-refractivity contribution in [1.82, 2.24) is 10.2 Å². The van der Waals surface area contributed by atoms with Gasteiger partial charge >= 0.3 is 5.97 Å². The highest BCUT2D eigenvalue weighted by Gasteiger charge is 2.39. The Morgan fingerprint density at radius 1 is 1.30 bits per heavy atom. The number of rotatable bonds is 11. The number of carbonyl (C=O) groups is 1. The number of aliphatic carboxylic acids is 1. The van der Waals surface area contributed by atoms with Crippen molar-refractivity contribution in [3.05, 3.63) is 36.6 Å². The van der Waals surface area contributed by atoms with Crippen LogP contribution in [0.25, 0.3) is 0 Å². The van der Waals surface area contributed by atoms with Crippen molar-refractivity contribution in [3.63, 3.8) is 0 Å². The zero-order valence-electron chi connectivity index (χ0n) is 17.8. The van der Waals surface area contributed by atoms with Crippen LogP contribution in [-0.4, -0.2) is 52.9 Å². The molecule has 2 unspecified atom stereocenters. The lowest BCUT2D eigenvalue weighted by Crippen LogP contribution is -2.55. The maximum absolute atomic E-state index is 12.0. The lowest BCUT2D eigenvalue weighted by molar-refractivity contribution is -0.133. The van der Waals surface area contributed by atoms with E-state index in [-0.39, 0.29) is 23.8 Å². The summed E-state index contributed by atoms with van der Waals surface area (Å²) in [6.45, 7) is 19.4. The van der Waals surface area contributed by atoms with Crippen LogP contribution in [-0.2, 0) is 9.53 Å². The summed E-state index contributed by atoms with van der Waals surface area (Å²) in [5, 5.41) is 13.5. The van der Waals surface area contributed by atoms with E-state index in [0.29, 0.717) is 25.1 Å². The lowest BCUT2D eigenvalue weighted by Gasteiger charge is -2.43. The molecule has 0 saturated carbocycles. The molecule has 0 aromatic heterocycles. The Bertz CT molecular complexity index is 534. The van der Waals surface area contributed by atoms with Gasteiger partial charge in [0.2, 0.25) is 0 Å². The van der Waals surface area contributed by atoms with E-state index < -0.39 is 5.97 Å². The summed E-state index contributed by atoms with van der Waals surface area (Å²) in [7, 11) is 0. The zero-order valence-corrected chi connectivity index (χ0v) is 17.8. The normalized spacial score (nSPS) is 20.7. The fraction of sp³-hybridized carbons (Fsp3) is 0.682. The van der Waals surface area contributed by atoms with E-state index in [1.165, 1.54) is 0 Å². The first-order valence-corrected chi connectivity index (χ1v) is 10.0. The van der Waals surface area contributed by atoms with Gasteiger partial charge in [0, 0.05) is 24.7 Å². The maximum atomic E-state index is 12.0. The van der Waals surface area contributed by atoms with Gasteiger partial charge in [-0.15, -0.1) is 13.2 Å². The molecule has 0 fully saturated rings. The third-order valence-electron chi connectivity index (χ3n) is 4.82. The average Bonchev–Trinajstić information content (AvgIpc) is 2.58. The number of ether oxygens (including phenoxy) is 1. The fourth-order valence-electron chi connectivity index (χ4n) is 3.66. The van der Waals surface area contributed by atoms with Crippen molar-refractivity contribution in [1.29, 1.82) is 0 Å². The van der Waals surface area contributed by atoms with Gasteiger partial charge in [-0.2, -0.15) is 0 Å². The predicted molar refractivity (Wildman–Crippen MR) is 112 cm³/mol. The molecule has 0 aliphatic heterocycles. The summed E-state index contributed by atoms with van der Waals surface area (Å²) < 4.78 is 6.52. The summed E-state index contributed by atoms with van der Waals surface area (Å²) >= 11 is 0. The minimum absolute atomic E-state index is 0.0563. The first-order chi connectivity index (χ1) is 12.7. The Labute approximate surface area is 165 Å². The van der Waals surface area contributed by atoms with Crippen molar-refractivity contribution < 1.29 is 14.6 Å². The predicted octanol–water partition coefficient (Wildman–Crippen LogP) is 4.12. The van der Waals surface area contributed by atoms with Crippen LogP contribution in [0, 0.1) is 0 Å². The van der Waals surface area contributed by atoms with Crippen LogP contribution in [0.15, 0.2) is 36.6 Å². The molecule has 1 rings (SSSR count). The summed E-state index contributed by atoms with van der Waals surface area (Å²) in [6, 6.07) is 0.0563. The number of nitrogens with one attached hydrogen (secondary N) is 1. The molecule has 0 aromatic rings. The number of hydrogen-bond acceptors (Lipinski definition) is 4. The van der Waals surface area contributed by atoms with Crippen LogP contribution >= 0.6 is 0 Å². The first-order valence-electron chi connectivity index (χ1n) is 10.0. The smallest absolute Gasteiger partial charge is 0.333 e. The quantitative estimate of drug-likeness (QED) is 0.530. The third kappa shape index (κ3) is 6.82. The topological polar surface area (TPSA) is 61.8 Å². The van der Waals surface area contributed by atoms with Crippen LogP contribution in [0.1, 0.15) is 60.3 Å². The molecule has 154 valence electrons. The summed E-state index contributed by atoms with van der Waals surface area (Å²) in [4.78, 5) is 14.1. The van der Waals surface area contributed by atoms with E-state index in [0.717, 1.165) is 25.0 Å². The van der Waals surface area contributed by atoms with Gasteiger partial charge in [-0.25, -0.2) is 4.79 Å². The third-order valence-corrected chi connectivity index (χ3v) is 4.82. The van der Waals surface area contributed by atoms with Crippen LogP contribution in [0.5, 0.6) is 0 Å². The molecular weight excluding hydrogens is 340 g/mol. The molecule has 0 radical (unpaired) electrons. The van der Waals surface area contributed by atoms with Gasteiger partial charge in [-0.3, -0.25) is 0 Å². The van der Waals surface area contributed by atoms with Crippen molar-refractivity contribution >= 4 is 5.97 Å². The average molecular weight is 379 g/mol. The summed E-state index contributed by atoms with van der Waals surface area (Å²) in [5.74, 6) is -0.865. The molecule has 27 heavy (non-hydrogen) atoms. The zero-order chi connectivity index (χ0) is 20.6. The largest absolute Gasteiger partial charge is 0.478 e. The monoisotopic (exact) mass is 378 g/mol. The molecular formula is C22H38N2O3. The summed E-state index contributed by atoms with van der Waals surface area (Å²) in [6.07, 6.45) is 6.43. The van der Waals surface area contributed by atoms with E-state index in [1.807, 2.05) is 4.90 Å². The van der Waals surface area contributed by atoms with Gasteiger partial charge < -0.3 is 20.1 Å². The second-order valence-corrected chi connectivity index (χ2v) is 8.19. The molecule has 1 aliphatic carbocycles. The SMILES string of the molecule is C=CCN(CC=C)C1=C(C(=O)O)CCC(NC(C)(C)C)C1OC(CC)CC. The Balaban J connectivity index is 3.44. The highest BCUT2D eigenvalue weighted by molar-refractivity contribution is 5.88. The van der Waals surface area contributed by atoms with Gasteiger partial charge in [0.05, 0.1) is 17.4 Å². The van der Waals surface area contributed by atoms with Crippen LogP contribution in [0.2, 0.25) is 0 Å².